The van der Waals surface area contributed by atoms with Crippen LogP contribution in [0.2, 0.25) is 0 Å². The van der Waals surface area contributed by atoms with Gasteiger partial charge in [0.1, 0.15) is 11.6 Å². The molecule has 2 aromatic heterocycles. The maximum absolute atomic E-state index is 4.62. The Bertz CT molecular complexity index is 580. The molecule has 1 aliphatic heterocycles. The molecule has 0 spiro atoms. The molecule has 1 aliphatic rings. The van der Waals surface area contributed by atoms with E-state index in [4.69, 9.17) is 0 Å². The van der Waals surface area contributed by atoms with Crippen molar-refractivity contribution in [3.63, 3.8) is 0 Å². The van der Waals surface area contributed by atoms with Gasteiger partial charge in [0, 0.05) is 37.6 Å². The number of piperidine rings is 1. The Hall–Kier alpha value is -1.98. The fourth-order valence-electron chi connectivity index (χ4n) is 2.97. The van der Waals surface area contributed by atoms with Crippen LogP contribution in [0.4, 0.5) is 5.82 Å². The van der Waals surface area contributed by atoms with Crippen molar-refractivity contribution in [2.24, 2.45) is 5.92 Å². The van der Waals surface area contributed by atoms with E-state index >= 15 is 0 Å². The second kappa shape index (κ2) is 6.20. The minimum absolute atomic E-state index is 0.598. The number of hydrogen-bond acceptors (Lipinski definition) is 5. The first-order valence-electron chi connectivity index (χ1n) is 7.68. The molecule has 1 unspecified atom stereocenters. The highest BCUT2D eigenvalue weighted by molar-refractivity contribution is 5.40. The van der Waals surface area contributed by atoms with Crippen LogP contribution in [-0.2, 0) is 13.0 Å². The van der Waals surface area contributed by atoms with Crippen molar-refractivity contribution in [1.29, 1.82) is 0 Å². The lowest BCUT2D eigenvalue weighted by Crippen LogP contribution is -2.37. The lowest BCUT2D eigenvalue weighted by Gasteiger charge is -2.33. The minimum Gasteiger partial charge on any atom is -0.356 e. The summed E-state index contributed by atoms with van der Waals surface area (Å²) in [5.41, 5.74) is 1.12. The molecule has 3 heterocycles. The van der Waals surface area contributed by atoms with Gasteiger partial charge in [-0.1, -0.05) is 12.1 Å². The maximum atomic E-state index is 4.62. The summed E-state index contributed by atoms with van der Waals surface area (Å²) in [6.45, 7) is 7.14. The summed E-state index contributed by atoms with van der Waals surface area (Å²) in [4.78, 5) is 11.5. The Morgan fingerprint density at radius 1 is 1.33 bits per heavy atom. The van der Waals surface area contributed by atoms with E-state index in [2.05, 4.69) is 38.2 Å². The topological polar surface area (TPSA) is 59.7 Å². The van der Waals surface area contributed by atoms with Crippen LogP contribution in [0, 0.1) is 12.8 Å². The largest absolute Gasteiger partial charge is 0.356 e. The predicted octanol–water partition coefficient (Wildman–Crippen LogP) is 1.86. The van der Waals surface area contributed by atoms with Crippen LogP contribution in [0.25, 0.3) is 0 Å². The van der Waals surface area contributed by atoms with Crippen molar-refractivity contribution in [2.75, 3.05) is 18.0 Å². The monoisotopic (exact) mass is 286 g/mol. The van der Waals surface area contributed by atoms with Crippen LogP contribution in [0.5, 0.6) is 0 Å². The lowest BCUT2D eigenvalue weighted by molar-refractivity contribution is 0.347. The fourth-order valence-corrected chi connectivity index (χ4v) is 2.97. The summed E-state index contributed by atoms with van der Waals surface area (Å²) in [7, 11) is 0. The normalized spacial score (nSPS) is 19.0. The van der Waals surface area contributed by atoms with E-state index in [0.717, 1.165) is 43.4 Å². The third-order valence-corrected chi connectivity index (χ3v) is 4.00. The van der Waals surface area contributed by atoms with E-state index in [1.165, 1.54) is 12.8 Å². The highest BCUT2D eigenvalue weighted by Gasteiger charge is 2.22. The molecule has 0 bridgehead atoms. The molecular formula is C15H22N6. The van der Waals surface area contributed by atoms with Gasteiger partial charge >= 0.3 is 0 Å². The molecule has 3 rings (SSSR count). The molecule has 6 heteroatoms. The summed E-state index contributed by atoms with van der Waals surface area (Å²) in [6.07, 6.45) is 7.06. The van der Waals surface area contributed by atoms with Gasteiger partial charge in [-0.3, -0.25) is 4.68 Å². The Morgan fingerprint density at radius 3 is 3.00 bits per heavy atom. The number of hydrogen-bond donors (Lipinski definition) is 0. The van der Waals surface area contributed by atoms with Gasteiger partial charge in [0.2, 0.25) is 0 Å². The molecule has 0 aromatic carbocycles. The zero-order valence-electron chi connectivity index (χ0n) is 12.7. The van der Waals surface area contributed by atoms with Gasteiger partial charge in [0.15, 0.2) is 0 Å². The van der Waals surface area contributed by atoms with E-state index in [0.29, 0.717) is 5.92 Å². The molecule has 21 heavy (non-hydrogen) atoms. The van der Waals surface area contributed by atoms with Gasteiger partial charge in [0.05, 0.1) is 6.20 Å². The number of aromatic nitrogens is 5. The second-order valence-corrected chi connectivity index (χ2v) is 5.70. The number of aryl methyl sites for hydroxylation is 2. The van der Waals surface area contributed by atoms with Gasteiger partial charge in [-0.25, -0.2) is 9.97 Å². The van der Waals surface area contributed by atoms with Crippen LogP contribution in [0.1, 0.15) is 31.3 Å². The van der Waals surface area contributed by atoms with Gasteiger partial charge < -0.3 is 4.90 Å². The molecule has 0 radical (unpaired) electrons. The molecule has 0 aliphatic carbocycles. The van der Waals surface area contributed by atoms with Crippen molar-refractivity contribution < 1.29 is 0 Å². The molecular weight excluding hydrogens is 264 g/mol. The average Bonchev–Trinajstić information content (AvgIpc) is 3.00. The van der Waals surface area contributed by atoms with Crippen molar-refractivity contribution in [3.05, 3.63) is 30.0 Å². The Balaban J connectivity index is 1.72. The number of rotatable bonds is 4. The average molecular weight is 286 g/mol. The Morgan fingerprint density at radius 2 is 2.24 bits per heavy atom. The van der Waals surface area contributed by atoms with Gasteiger partial charge in [-0.15, -0.1) is 5.10 Å². The maximum Gasteiger partial charge on any atom is 0.132 e. The van der Waals surface area contributed by atoms with Crippen LogP contribution in [-0.4, -0.2) is 38.1 Å². The zero-order chi connectivity index (χ0) is 14.7. The highest BCUT2D eigenvalue weighted by Crippen LogP contribution is 2.23. The predicted molar refractivity (Wildman–Crippen MR) is 81.1 cm³/mol. The van der Waals surface area contributed by atoms with Crippen LogP contribution >= 0.6 is 0 Å². The first kappa shape index (κ1) is 14.0. The van der Waals surface area contributed by atoms with Crippen molar-refractivity contribution >= 4 is 5.82 Å². The first-order chi connectivity index (χ1) is 10.2. The smallest absolute Gasteiger partial charge is 0.132 e. The standard InChI is InChI=1S/C15H22N6/c1-3-14-9-15(18-12(2)17-14)20-7-4-5-13(10-20)11-21-8-6-16-19-21/h6,8-9,13H,3-5,7,10-11H2,1-2H3. The van der Waals surface area contributed by atoms with Gasteiger partial charge in [-0.2, -0.15) is 0 Å². The highest BCUT2D eigenvalue weighted by atomic mass is 15.4. The van der Waals surface area contributed by atoms with Gasteiger partial charge in [0.25, 0.3) is 0 Å². The third-order valence-electron chi connectivity index (χ3n) is 4.00. The molecule has 0 amide bonds. The molecule has 1 saturated heterocycles. The third kappa shape index (κ3) is 3.37. The molecule has 2 aromatic rings. The molecule has 1 atom stereocenters. The first-order valence-corrected chi connectivity index (χ1v) is 7.68. The van der Waals surface area contributed by atoms with E-state index in [1.54, 1.807) is 6.20 Å². The SMILES string of the molecule is CCc1cc(N2CCCC(Cn3ccnn3)C2)nc(C)n1. The Kier molecular flexibility index (Phi) is 4.13. The molecule has 0 saturated carbocycles. The van der Waals surface area contributed by atoms with Crippen LogP contribution < -0.4 is 4.90 Å². The quantitative estimate of drug-likeness (QED) is 0.858. The van der Waals surface area contributed by atoms with E-state index in [9.17, 15) is 0 Å². The Labute approximate surface area is 125 Å². The molecule has 112 valence electrons. The summed E-state index contributed by atoms with van der Waals surface area (Å²) < 4.78 is 1.93. The van der Waals surface area contributed by atoms with E-state index in [1.807, 2.05) is 17.8 Å². The lowest BCUT2D eigenvalue weighted by atomic mass is 9.98. The van der Waals surface area contributed by atoms with E-state index < -0.39 is 0 Å². The zero-order valence-corrected chi connectivity index (χ0v) is 12.7. The van der Waals surface area contributed by atoms with Crippen molar-refractivity contribution in [1.82, 2.24) is 25.0 Å². The fraction of sp³-hybridized carbons (Fsp3) is 0.600. The number of anilines is 1. The summed E-state index contributed by atoms with van der Waals surface area (Å²) in [5.74, 6) is 2.53. The molecule has 0 N–H and O–H groups in total. The number of nitrogens with zero attached hydrogens (tertiary/aromatic N) is 6. The van der Waals surface area contributed by atoms with Crippen molar-refractivity contribution in [3.8, 4) is 0 Å². The second-order valence-electron chi connectivity index (χ2n) is 5.70. The minimum atomic E-state index is 0.598. The van der Waals surface area contributed by atoms with E-state index in [-0.39, 0.29) is 0 Å². The molecule has 1 fully saturated rings. The summed E-state index contributed by atoms with van der Waals surface area (Å²) >= 11 is 0. The van der Waals surface area contributed by atoms with Crippen molar-refractivity contribution in [2.45, 2.75) is 39.7 Å². The summed E-state index contributed by atoms with van der Waals surface area (Å²) in [5, 5.41) is 7.95. The van der Waals surface area contributed by atoms with Crippen LogP contribution in [0.3, 0.4) is 0 Å². The van der Waals surface area contributed by atoms with Gasteiger partial charge in [-0.05, 0) is 32.1 Å². The summed E-state index contributed by atoms with van der Waals surface area (Å²) in [6, 6.07) is 2.13. The molecule has 6 nitrogen and oxygen atoms in total. The van der Waals surface area contributed by atoms with Crippen LogP contribution in [0.15, 0.2) is 18.5 Å².